The van der Waals surface area contributed by atoms with E-state index in [4.69, 9.17) is 11.6 Å². The molecule has 0 radical (unpaired) electrons. The van der Waals surface area contributed by atoms with E-state index in [1.165, 1.54) is 0 Å². The molecule has 5 nitrogen and oxygen atoms in total. The molecule has 0 heterocycles. The number of hydrogen-bond acceptors (Lipinski definition) is 3. The molecule has 26 heavy (non-hydrogen) atoms. The number of aryl methyl sites for hydroxylation is 4. The number of carbonyl (C=O) groups is 1. The number of nitrogens with one attached hydrogen (secondary N) is 1. The fourth-order valence-corrected chi connectivity index (χ4v) is 4.28. The molecule has 2 aromatic carbocycles. The highest BCUT2D eigenvalue weighted by atomic mass is 35.5. The van der Waals surface area contributed by atoms with E-state index in [-0.39, 0.29) is 6.54 Å². The summed E-state index contributed by atoms with van der Waals surface area (Å²) in [6.07, 6.45) is 1.09. The van der Waals surface area contributed by atoms with E-state index in [0.29, 0.717) is 16.4 Å². The molecule has 0 saturated heterocycles. The molecule has 2 aromatic rings. The maximum absolute atomic E-state index is 12.6. The third kappa shape index (κ3) is 4.56. The highest BCUT2D eigenvalue weighted by Crippen LogP contribution is 2.29. The lowest BCUT2D eigenvalue weighted by Crippen LogP contribution is -2.38. The molecule has 0 unspecified atom stereocenters. The number of benzene rings is 2. The summed E-state index contributed by atoms with van der Waals surface area (Å²) >= 11 is 6.23. The van der Waals surface area contributed by atoms with E-state index in [2.05, 4.69) is 5.32 Å². The van der Waals surface area contributed by atoms with Crippen LogP contribution in [-0.2, 0) is 14.8 Å². The number of para-hydroxylation sites is 1. The summed E-state index contributed by atoms with van der Waals surface area (Å²) in [7, 11) is -3.64. The van der Waals surface area contributed by atoms with Crippen molar-refractivity contribution >= 4 is 38.9 Å². The SMILES string of the molecule is Cc1cc(C)c(NC(=O)CN(c2c(C)cccc2C)S(C)(=O)=O)c(Cl)c1. The summed E-state index contributed by atoms with van der Waals surface area (Å²) in [4.78, 5) is 12.6. The van der Waals surface area contributed by atoms with Gasteiger partial charge in [0.25, 0.3) is 0 Å². The Kier molecular flexibility index (Phi) is 5.98. The molecular weight excluding hydrogens is 372 g/mol. The highest BCUT2D eigenvalue weighted by molar-refractivity contribution is 7.92. The Labute approximate surface area is 160 Å². The molecule has 7 heteroatoms. The van der Waals surface area contributed by atoms with Crippen molar-refractivity contribution in [1.29, 1.82) is 0 Å². The van der Waals surface area contributed by atoms with Gasteiger partial charge in [0.2, 0.25) is 15.9 Å². The fourth-order valence-electron chi connectivity index (χ4n) is 2.94. The van der Waals surface area contributed by atoms with E-state index in [1.807, 2.05) is 52.0 Å². The first-order valence-electron chi connectivity index (χ1n) is 8.11. The first-order chi connectivity index (χ1) is 12.0. The van der Waals surface area contributed by atoms with Gasteiger partial charge >= 0.3 is 0 Å². The van der Waals surface area contributed by atoms with Gasteiger partial charge in [-0.2, -0.15) is 0 Å². The lowest BCUT2D eigenvalue weighted by molar-refractivity contribution is -0.114. The van der Waals surface area contributed by atoms with Crippen molar-refractivity contribution in [2.45, 2.75) is 27.7 Å². The van der Waals surface area contributed by atoms with Gasteiger partial charge in [-0.15, -0.1) is 0 Å². The van der Waals surface area contributed by atoms with Crippen molar-refractivity contribution in [2.24, 2.45) is 0 Å². The molecule has 0 saturated carbocycles. The standard InChI is InChI=1S/C19H23ClN2O3S/c1-12-9-15(4)18(16(20)10-12)21-17(23)11-22(26(5,24)25)19-13(2)7-6-8-14(19)3/h6-10H,11H2,1-5H3,(H,21,23). The first kappa shape index (κ1) is 20.3. The normalized spacial score (nSPS) is 11.3. The smallest absolute Gasteiger partial charge is 0.245 e. The molecular formula is C19H23ClN2O3S. The third-order valence-electron chi connectivity index (χ3n) is 4.07. The van der Waals surface area contributed by atoms with E-state index in [0.717, 1.165) is 32.8 Å². The van der Waals surface area contributed by atoms with Crippen molar-refractivity contribution in [3.8, 4) is 0 Å². The van der Waals surface area contributed by atoms with Crippen LogP contribution in [-0.4, -0.2) is 27.1 Å². The number of hydrogen-bond donors (Lipinski definition) is 1. The van der Waals surface area contributed by atoms with E-state index < -0.39 is 15.9 Å². The second-order valence-electron chi connectivity index (χ2n) is 6.50. The van der Waals surface area contributed by atoms with Gasteiger partial charge in [0.1, 0.15) is 6.54 Å². The average molecular weight is 395 g/mol. The predicted molar refractivity (Wildman–Crippen MR) is 108 cm³/mol. The van der Waals surface area contributed by atoms with Gasteiger partial charge in [-0.25, -0.2) is 8.42 Å². The zero-order chi connectivity index (χ0) is 19.6. The van der Waals surface area contributed by atoms with Crippen LogP contribution in [0.25, 0.3) is 0 Å². The Bertz CT molecular complexity index is 912. The van der Waals surface area contributed by atoms with Crippen molar-refractivity contribution in [2.75, 3.05) is 22.4 Å². The van der Waals surface area contributed by atoms with Crippen molar-refractivity contribution in [1.82, 2.24) is 0 Å². The van der Waals surface area contributed by atoms with Gasteiger partial charge in [0.05, 0.1) is 22.7 Å². The lowest BCUT2D eigenvalue weighted by atomic mass is 10.1. The fraction of sp³-hybridized carbons (Fsp3) is 0.316. The van der Waals surface area contributed by atoms with Crippen LogP contribution in [0, 0.1) is 27.7 Å². The molecule has 1 N–H and O–H groups in total. The largest absolute Gasteiger partial charge is 0.323 e. The second kappa shape index (κ2) is 7.68. The van der Waals surface area contributed by atoms with Crippen LogP contribution in [0.5, 0.6) is 0 Å². The molecule has 140 valence electrons. The number of halogens is 1. The molecule has 0 aliphatic heterocycles. The van der Waals surface area contributed by atoms with Crippen LogP contribution in [0.2, 0.25) is 5.02 Å². The van der Waals surface area contributed by atoms with Crippen LogP contribution in [0.4, 0.5) is 11.4 Å². The molecule has 0 aromatic heterocycles. The van der Waals surface area contributed by atoms with Crippen molar-refractivity contribution in [3.05, 3.63) is 57.6 Å². The van der Waals surface area contributed by atoms with Gasteiger partial charge in [-0.05, 0) is 56.0 Å². The van der Waals surface area contributed by atoms with Crippen molar-refractivity contribution < 1.29 is 13.2 Å². The highest BCUT2D eigenvalue weighted by Gasteiger charge is 2.24. The zero-order valence-corrected chi connectivity index (χ0v) is 17.1. The predicted octanol–water partition coefficient (Wildman–Crippen LogP) is 3.98. The van der Waals surface area contributed by atoms with Crippen LogP contribution in [0.15, 0.2) is 30.3 Å². The molecule has 0 bridgehead atoms. The number of sulfonamides is 1. The van der Waals surface area contributed by atoms with Crippen LogP contribution in [0.1, 0.15) is 22.3 Å². The lowest BCUT2D eigenvalue weighted by Gasteiger charge is -2.25. The maximum atomic E-state index is 12.6. The Hall–Kier alpha value is -2.05. The number of carbonyl (C=O) groups excluding carboxylic acids is 1. The van der Waals surface area contributed by atoms with E-state index in [1.54, 1.807) is 6.07 Å². The average Bonchev–Trinajstić information content (AvgIpc) is 2.48. The molecule has 0 aliphatic rings. The minimum absolute atomic E-state index is 0.325. The van der Waals surface area contributed by atoms with E-state index in [9.17, 15) is 13.2 Å². The summed E-state index contributed by atoms with van der Waals surface area (Å²) in [5.41, 5.74) is 4.40. The summed E-state index contributed by atoms with van der Waals surface area (Å²) in [5, 5.41) is 3.16. The number of nitrogens with zero attached hydrogens (tertiary/aromatic N) is 1. The monoisotopic (exact) mass is 394 g/mol. The van der Waals surface area contributed by atoms with Gasteiger partial charge in [-0.3, -0.25) is 9.10 Å². The topological polar surface area (TPSA) is 66.5 Å². The Morgan fingerprint density at radius 2 is 1.65 bits per heavy atom. The summed E-state index contributed by atoms with van der Waals surface area (Å²) < 4.78 is 25.8. The Balaban J connectivity index is 2.35. The molecule has 2 rings (SSSR count). The number of rotatable bonds is 5. The Morgan fingerprint density at radius 1 is 1.08 bits per heavy atom. The van der Waals surface area contributed by atoms with Crippen LogP contribution < -0.4 is 9.62 Å². The van der Waals surface area contributed by atoms with Gasteiger partial charge < -0.3 is 5.32 Å². The second-order valence-corrected chi connectivity index (χ2v) is 8.81. The van der Waals surface area contributed by atoms with Crippen LogP contribution in [0.3, 0.4) is 0 Å². The van der Waals surface area contributed by atoms with Crippen molar-refractivity contribution in [3.63, 3.8) is 0 Å². The van der Waals surface area contributed by atoms with Crippen LogP contribution >= 0.6 is 11.6 Å². The van der Waals surface area contributed by atoms with E-state index >= 15 is 0 Å². The summed E-state index contributed by atoms with van der Waals surface area (Å²) in [6.45, 7) is 7.07. The van der Waals surface area contributed by atoms with Gasteiger partial charge in [0.15, 0.2) is 0 Å². The number of anilines is 2. The van der Waals surface area contributed by atoms with Gasteiger partial charge in [-0.1, -0.05) is 35.9 Å². The molecule has 1 amide bonds. The zero-order valence-electron chi connectivity index (χ0n) is 15.6. The van der Waals surface area contributed by atoms with Gasteiger partial charge in [0, 0.05) is 0 Å². The minimum atomic E-state index is -3.64. The maximum Gasteiger partial charge on any atom is 0.245 e. The summed E-state index contributed by atoms with van der Waals surface area (Å²) in [5.74, 6) is -0.452. The molecule has 0 aliphatic carbocycles. The quantitative estimate of drug-likeness (QED) is 0.834. The molecule has 0 spiro atoms. The summed E-state index contributed by atoms with van der Waals surface area (Å²) in [6, 6.07) is 9.15. The minimum Gasteiger partial charge on any atom is -0.323 e. The Morgan fingerprint density at radius 3 is 2.15 bits per heavy atom. The number of amides is 1. The first-order valence-corrected chi connectivity index (χ1v) is 10.3. The molecule has 0 fully saturated rings. The molecule has 0 atom stereocenters. The third-order valence-corrected chi connectivity index (χ3v) is 5.48.